The van der Waals surface area contributed by atoms with Gasteiger partial charge in [-0.15, -0.1) is 0 Å². The molecule has 0 N–H and O–H groups in total. The van der Waals surface area contributed by atoms with E-state index in [-0.39, 0.29) is 35.4 Å². The highest BCUT2D eigenvalue weighted by atomic mass is 19.4. The van der Waals surface area contributed by atoms with Crippen molar-refractivity contribution in [3.8, 4) is 45.0 Å². The fourth-order valence-electron chi connectivity index (χ4n) is 8.36. The second kappa shape index (κ2) is 11.2. The molecule has 0 spiro atoms. The topological polar surface area (TPSA) is 26.4 Å². The van der Waals surface area contributed by atoms with Crippen LogP contribution >= 0.6 is 0 Å². The van der Waals surface area contributed by atoms with E-state index in [0.29, 0.717) is 77.8 Å². The van der Waals surface area contributed by atoms with Gasteiger partial charge >= 0.3 is 13.1 Å². The summed E-state index contributed by atoms with van der Waals surface area (Å²) in [6.07, 6.45) is -2.48. The average Bonchev–Trinajstić information content (AvgIpc) is 3.71. The van der Waals surface area contributed by atoms with Crippen molar-refractivity contribution in [2.75, 3.05) is 14.2 Å². The number of nitrogens with zero attached hydrogens (tertiary/aromatic N) is 2. The van der Waals surface area contributed by atoms with Crippen LogP contribution in [-0.2, 0) is 19.3 Å². The Bertz CT molecular complexity index is 2490. The van der Waals surface area contributed by atoms with Gasteiger partial charge in [0.2, 0.25) is 0 Å². The van der Waals surface area contributed by atoms with E-state index < -0.39 is 41.7 Å². The van der Waals surface area contributed by atoms with E-state index in [1.807, 2.05) is 0 Å². The number of methoxy groups -OCH3 is 2. The molecule has 1 aromatic heterocycles. The molecule has 0 saturated heterocycles. The average molecular weight is 712 g/mol. The molecule has 262 valence electrons. The SMILES string of the molecule is COc1ccc(-c2ccc3c(c2)CCC2=CC4=C(C(F)(F)F)c5cc6c(n5[B-](F)(F)[N+]4=C23)-c2ccc(-c3ccc(OC)cc3F)cc2CC6)c(F)c1. The zero-order chi connectivity index (χ0) is 36.3. The Morgan fingerprint density at radius 2 is 1.19 bits per heavy atom. The van der Waals surface area contributed by atoms with Gasteiger partial charge < -0.3 is 27.1 Å². The number of hydrogen-bond donors (Lipinski definition) is 0. The number of fused-ring (bicyclic) bond motifs is 9. The number of rotatable bonds is 4. The Kier molecular flexibility index (Phi) is 7.00. The summed E-state index contributed by atoms with van der Waals surface area (Å²) in [5, 5.41) is 0. The quantitative estimate of drug-likeness (QED) is 0.137. The van der Waals surface area contributed by atoms with Crippen molar-refractivity contribution >= 4 is 18.3 Å². The predicted octanol–water partition coefficient (Wildman–Crippen LogP) is 9.78. The highest BCUT2D eigenvalue weighted by molar-refractivity contribution is 6.59. The summed E-state index contributed by atoms with van der Waals surface area (Å²) in [7, 11) is 2.85. The first-order chi connectivity index (χ1) is 24.9. The molecule has 0 fully saturated rings. The van der Waals surface area contributed by atoms with Crippen LogP contribution in [0.15, 0.2) is 96.2 Å². The van der Waals surface area contributed by atoms with Crippen LogP contribution in [0, 0.1) is 11.6 Å². The lowest BCUT2D eigenvalue weighted by molar-refractivity contribution is -0.362. The number of allylic oxidation sites excluding steroid dienone is 3. The van der Waals surface area contributed by atoms with Crippen LogP contribution in [0.4, 0.5) is 30.6 Å². The first-order valence-corrected chi connectivity index (χ1v) is 16.8. The number of alkyl halides is 3. The zero-order valence-corrected chi connectivity index (χ0v) is 27.8. The Hall–Kier alpha value is -5.52. The Balaban J connectivity index is 1.22. The maximum absolute atomic E-state index is 17.4. The molecular weight excluding hydrogens is 684 g/mol. The van der Waals surface area contributed by atoms with Crippen LogP contribution in [0.25, 0.3) is 39.1 Å². The molecule has 4 nitrogen and oxygen atoms in total. The van der Waals surface area contributed by atoms with Gasteiger partial charge in [0, 0.05) is 51.9 Å². The molecule has 52 heavy (non-hydrogen) atoms. The van der Waals surface area contributed by atoms with E-state index in [1.165, 1.54) is 38.5 Å². The predicted molar refractivity (Wildman–Crippen MR) is 185 cm³/mol. The second-order valence-electron chi connectivity index (χ2n) is 13.4. The molecular formula is C40H28BF7N2O2. The standard InChI is InChI=1S/C40H28BF7N2O2/c1-51-27-9-13-29(33(42)19-27)21-7-11-31-23(15-21)3-5-25-17-35-37(40(44,45)46)36-18-26-6-4-24-16-22(30-14-10-28(52-2)20-34(30)43)8-12-32(24)39(26)50(36)41(47,48)49(35)38(25)31/h7-20H,3-6H2,1-2H3. The van der Waals surface area contributed by atoms with Gasteiger partial charge in [0.25, 0.3) is 0 Å². The fraction of sp³-hybridized carbons (Fsp3) is 0.175. The molecule has 4 aromatic carbocycles. The lowest BCUT2D eigenvalue weighted by atomic mass is 9.82. The zero-order valence-electron chi connectivity index (χ0n) is 27.8. The van der Waals surface area contributed by atoms with Gasteiger partial charge in [-0.1, -0.05) is 30.3 Å². The molecule has 4 aliphatic rings. The number of halogens is 7. The lowest BCUT2D eigenvalue weighted by Crippen LogP contribution is -2.52. The normalized spacial score (nSPS) is 16.8. The number of benzene rings is 4. The summed E-state index contributed by atoms with van der Waals surface area (Å²) in [6, 6.07) is 19.9. The van der Waals surface area contributed by atoms with E-state index in [9.17, 15) is 0 Å². The maximum Gasteiger partial charge on any atom is 0.737 e. The minimum absolute atomic E-state index is 0.0271. The third-order valence-electron chi connectivity index (χ3n) is 10.7. The summed E-state index contributed by atoms with van der Waals surface area (Å²) in [5.41, 5.74) is 2.17. The van der Waals surface area contributed by atoms with Gasteiger partial charge in [-0.05, 0) is 95.5 Å². The van der Waals surface area contributed by atoms with Gasteiger partial charge in [-0.2, -0.15) is 13.2 Å². The van der Waals surface area contributed by atoms with Crippen LogP contribution in [0.2, 0.25) is 0 Å². The summed E-state index contributed by atoms with van der Waals surface area (Å²) in [5.74, 6) is -0.376. The Morgan fingerprint density at radius 3 is 1.77 bits per heavy atom. The maximum atomic E-state index is 17.4. The van der Waals surface area contributed by atoms with E-state index in [4.69, 9.17) is 9.47 Å². The largest absolute Gasteiger partial charge is 0.737 e. The molecule has 0 amide bonds. The summed E-state index contributed by atoms with van der Waals surface area (Å²) in [6.45, 7) is -4.86. The molecule has 2 aliphatic heterocycles. The molecule has 0 unspecified atom stereocenters. The van der Waals surface area contributed by atoms with Crippen LogP contribution < -0.4 is 9.47 Å². The molecule has 12 heteroatoms. The van der Waals surface area contributed by atoms with Crippen molar-refractivity contribution in [3.63, 3.8) is 0 Å². The van der Waals surface area contributed by atoms with Gasteiger partial charge in [0.1, 0.15) is 28.7 Å². The fourth-order valence-corrected chi connectivity index (χ4v) is 8.36. The van der Waals surface area contributed by atoms with Crippen LogP contribution in [0.1, 0.15) is 34.4 Å². The van der Waals surface area contributed by atoms with E-state index >= 15 is 30.6 Å². The highest BCUT2D eigenvalue weighted by Crippen LogP contribution is 2.51. The molecule has 0 saturated carbocycles. The Labute approximate surface area is 293 Å². The monoisotopic (exact) mass is 712 g/mol. The first-order valence-electron chi connectivity index (χ1n) is 16.8. The van der Waals surface area contributed by atoms with Gasteiger partial charge in [-0.25, -0.2) is 8.78 Å². The summed E-state index contributed by atoms with van der Waals surface area (Å²) in [4.78, 5) is 0. The molecule has 0 atom stereocenters. The molecule has 3 heterocycles. The highest BCUT2D eigenvalue weighted by Gasteiger charge is 2.60. The van der Waals surface area contributed by atoms with Gasteiger partial charge in [-0.3, -0.25) is 0 Å². The van der Waals surface area contributed by atoms with E-state index in [1.54, 1.807) is 60.7 Å². The second-order valence-corrected chi connectivity index (χ2v) is 13.4. The molecule has 9 rings (SSSR count). The third-order valence-corrected chi connectivity index (χ3v) is 10.7. The van der Waals surface area contributed by atoms with Crippen molar-refractivity contribution in [1.29, 1.82) is 0 Å². The molecule has 2 aliphatic carbocycles. The number of ether oxygens (including phenoxy) is 2. The smallest absolute Gasteiger partial charge is 0.497 e. The molecule has 0 bridgehead atoms. The van der Waals surface area contributed by atoms with E-state index in [0.717, 1.165) is 0 Å². The van der Waals surface area contributed by atoms with E-state index in [2.05, 4.69) is 0 Å². The third kappa shape index (κ3) is 4.65. The van der Waals surface area contributed by atoms with Crippen LogP contribution in [-0.4, -0.2) is 42.0 Å². The van der Waals surface area contributed by atoms with Crippen molar-refractivity contribution in [2.24, 2.45) is 0 Å². The minimum Gasteiger partial charge on any atom is -0.497 e. The van der Waals surface area contributed by atoms with Crippen LogP contribution in [0.5, 0.6) is 11.5 Å². The first kappa shape index (κ1) is 32.4. The van der Waals surface area contributed by atoms with Crippen molar-refractivity contribution in [2.45, 2.75) is 31.9 Å². The summed E-state index contributed by atoms with van der Waals surface area (Å²) < 4.78 is 122. The number of hydrogen-bond acceptors (Lipinski definition) is 2. The van der Waals surface area contributed by atoms with Gasteiger partial charge in [0.05, 0.1) is 14.2 Å². The molecule has 0 radical (unpaired) electrons. The number of aryl methyl sites for hydroxylation is 3. The van der Waals surface area contributed by atoms with Crippen molar-refractivity contribution in [3.05, 3.63) is 136 Å². The number of aromatic nitrogens is 1. The lowest BCUT2D eigenvalue weighted by Gasteiger charge is -2.35. The van der Waals surface area contributed by atoms with Crippen molar-refractivity contribution in [1.82, 2.24) is 4.48 Å². The molecule has 5 aromatic rings. The van der Waals surface area contributed by atoms with Crippen LogP contribution in [0.3, 0.4) is 0 Å². The van der Waals surface area contributed by atoms with Crippen molar-refractivity contribution < 1.29 is 44.5 Å². The minimum atomic E-state index is -4.96. The van der Waals surface area contributed by atoms with Gasteiger partial charge in [0.15, 0.2) is 11.4 Å². The summed E-state index contributed by atoms with van der Waals surface area (Å²) >= 11 is 0. The Morgan fingerprint density at radius 1 is 0.654 bits per heavy atom.